The molecule has 146 valence electrons. The van der Waals surface area contributed by atoms with E-state index in [-0.39, 0.29) is 24.7 Å². The predicted octanol–water partition coefficient (Wildman–Crippen LogP) is 2.01. The highest BCUT2D eigenvalue weighted by Gasteiger charge is 2.30. The van der Waals surface area contributed by atoms with E-state index in [0.717, 1.165) is 6.42 Å². The summed E-state index contributed by atoms with van der Waals surface area (Å²) in [7, 11) is 4.51. The van der Waals surface area contributed by atoms with Crippen LogP contribution in [0.15, 0.2) is 12.1 Å². The Bertz CT molecular complexity index is 615. The summed E-state index contributed by atoms with van der Waals surface area (Å²) in [6, 6.07) is 2.80. The third-order valence-electron chi connectivity index (χ3n) is 4.22. The zero-order valence-electron chi connectivity index (χ0n) is 15.1. The highest BCUT2D eigenvalue weighted by Crippen LogP contribution is 2.39. The minimum atomic E-state index is -0.831. The Hall–Kier alpha value is -2.19. The van der Waals surface area contributed by atoms with Gasteiger partial charge in [0.15, 0.2) is 11.5 Å². The third kappa shape index (κ3) is 5.15. The first-order valence-electron chi connectivity index (χ1n) is 8.06. The zero-order chi connectivity index (χ0) is 18.4. The Balaban J connectivity index is 0.00000338. The molecule has 0 unspecified atom stereocenters. The lowest BCUT2D eigenvalue weighted by molar-refractivity contribution is -0.142. The van der Waals surface area contributed by atoms with E-state index in [4.69, 9.17) is 19.3 Å². The highest BCUT2D eigenvalue weighted by molar-refractivity contribution is 5.91. The molecule has 0 spiro atoms. The van der Waals surface area contributed by atoms with Crippen molar-refractivity contribution in [3.05, 3.63) is 12.1 Å². The molecule has 2 N–H and O–H groups in total. The van der Waals surface area contributed by atoms with E-state index in [2.05, 4.69) is 5.32 Å². The van der Waals surface area contributed by atoms with Crippen LogP contribution in [-0.2, 0) is 9.59 Å². The van der Waals surface area contributed by atoms with Gasteiger partial charge in [0.05, 0.1) is 21.3 Å². The van der Waals surface area contributed by atoms with Crippen LogP contribution in [0, 0.1) is 0 Å². The standard InChI is InChI=1S/C17H24N2O6.ClH/c1-23-13-9-11(10-14(24-2)16(13)25-3)18-15(20)6-8-19-7-4-5-12(19)17(21)22;/h9-10,12H,4-8H2,1-3H3,(H,18,20)(H,21,22);1H/t12-;/m0./s1. The Morgan fingerprint density at radius 1 is 1.19 bits per heavy atom. The number of hydrogen-bond acceptors (Lipinski definition) is 6. The van der Waals surface area contributed by atoms with Gasteiger partial charge in [0.2, 0.25) is 11.7 Å². The predicted molar refractivity (Wildman–Crippen MR) is 98.8 cm³/mol. The molecule has 0 aromatic heterocycles. The second-order valence-corrected chi connectivity index (χ2v) is 5.74. The van der Waals surface area contributed by atoms with E-state index in [9.17, 15) is 9.59 Å². The number of hydrogen-bond donors (Lipinski definition) is 2. The van der Waals surface area contributed by atoms with Crippen LogP contribution in [0.25, 0.3) is 0 Å². The van der Waals surface area contributed by atoms with Gasteiger partial charge in [-0.05, 0) is 19.4 Å². The number of aliphatic carboxylic acids is 1. The van der Waals surface area contributed by atoms with Crippen molar-refractivity contribution in [2.75, 3.05) is 39.7 Å². The van der Waals surface area contributed by atoms with Crippen LogP contribution < -0.4 is 19.5 Å². The number of carboxylic acid groups (broad SMARTS) is 1. The lowest BCUT2D eigenvalue weighted by Gasteiger charge is -2.20. The van der Waals surface area contributed by atoms with Crippen LogP contribution in [0.2, 0.25) is 0 Å². The third-order valence-corrected chi connectivity index (χ3v) is 4.22. The number of ether oxygens (including phenoxy) is 3. The molecule has 0 aliphatic carbocycles. The average Bonchev–Trinajstić information content (AvgIpc) is 3.07. The van der Waals surface area contributed by atoms with Gasteiger partial charge in [-0.25, -0.2) is 0 Å². The maximum absolute atomic E-state index is 12.2. The van der Waals surface area contributed by atoms with Crippen molar-refractivity contribution in [1.82, 2.24) is 4.90 Å². The summed E-state index contributed by atoms with van der Waals surface area (Å²) in [5.41, 5.74) is 0.524. The molecule has 1 aromatic rings. The second kappa shape index (κ2) is 10.1. The van der Waals surface area contributed by atoms with Crippen LogP contribution >= 0.6 is 12.4 Å². The molecule has 1 aromatic carbocycles. The van der Waals surface area contributed by atoms with Gasteiger partial charge in [-0.3, -0.25) is 14.5 Å². The van der Waals surface area contributed by atoms with Crippen LogP contribution in [0.3, 0.4) is 0 Å². The van der Waals surface area contributed by atoms with E-state index in [1.807, 2.05) is 4.90 Å². The lowest BCUT2D eigenvalue weighted by Crippen LogP contribution is -2.37. The lowest BCUT2D eigenvalue weighted by atomic mass is 10.2. The van der Waals surface area contributed by atoms with E-state index in [1.165, 1.54) is 21.3 Å². The van der Waals surface area contributed by atoms with Crippen molar-refractivity contribution in [3.63, 3.8) is 0 Å². The van der Waals surface area contributed by atoms with Crippen molar-refractivity contribution in [3.8, 4) is 17.2 Å². The summed E-state index contributed by atoms with van der Waals surface area (Å²) in [6.07, 6.45) is 1.68. The van der Waals surface area contributed by atoms with Crippen molar-refractivity contribution in [1.29, 1.82) is 0 Å². The fourth-order valence-corrected chi connectivity index (χ4v) is 3.00. The number of amides is 1. The van der Waals surface area contributed by atoms with Crippen molar-refractivity contribution in [2.24, 2.45) is 0 Å². The van der Waals surface area contributed by atoms with Gasteiger partial charge in [0.25, 0.3) is 0 Å². The summed E-state index contributed by atoms with van der Waals surface area (Å²) in [5, 5.41) is 11.9. The van der Waals surface area contributed by atoms with Gasteiger partial charge >= 0.3 is 5.97 Å². The van der Waals surface area contributed by atoms with Gasteiger partial charge in [0.1, 0.15) is 6.04 Å². The molecule has 1 saturated heterocycles. The summed E-state index contributed by atoms with van der Waals surface area (Å²) in [5.74, 6) is 0.308. The van der Waals surface area contributed by atoms with Crippen molar-refractivity contribution < 1.29 is 28.9 Å². The van der Waals surface area contributed by atoms with E-state index < -0.39 is 12.0 Å². The molecule has 1 aliphatic heterocycles. The number of anilines is 1. The largest absolute Gasteiger partial charge is 0.493 e. The van der Waals surface area contributed by atoms with Crippen LogP contribution in [-0.4, -0.2) is 62.3 Å². The summed E-state index contributed by atoms with van der Waals surface area (Å²) < 4.78 is 15.7. The Kier molecular flexibility index (Phi) is 8.47. The number of nitrogens with one attached hydrogen (secondary N) is 1. The monoisotopic (exact) mass is 388 g/mol. The average molecular weight is 389 g/mol. The number of benzene rings is 1. The van der Waals surface area contributed by atoms with Crippen molar-refractivity contribution >= 4 is 30.0 Å². The van der Waals surface area contributed by atoms with Crippen LogP contribution in [0.5, 0.6) is 17.2 Å². The Morgan fingerprint density at radius 3 is 2.31 bits per heavy atom. The molecular weight excluding hydrogens is 364 g/mol. The number of likely N-dealkylation sites (tertiary alicyclic amines) is 1. The molecule has 2 rings (SSSR count). The first-order chi connectivity index (χ1) is 12.0. The summed E-state index contributed by atoms with van der Waals surface area (Å²) in [6.45, 7) is 1.11. The van der Waals surface area contributed by atoms with Crippen molar-refractivity contribution in [2.45, 2.75) is 25.3 Å². The normalized spacial score (nSPS) is 16.5. The Labute approximate surface area is 158 Å². The maximum Gasteiger partial charge on any atom is 0.320 e. The Morgan fingerprint density at radius 2 is 1.81 bits per heavy atom. The molecule has 26 heavy (non-hydrogen) atoms. The summed E-state index contributed by atoms with van der Waals surface area (Å²) in [4.78, 5) is 25.2. The van der Waals surface area contributed by atoms with E-state index in [1.54, 1.807) is 12.1 Å². The molecule has 1 aliphatic rings. The molecule has 0 radical (unpaired) electrons. The topological polar surface area (TPSA) is 97.3 Å². The number of rotatable bonds is 8. The number of halogens is 1. The fraction of sp³-hybridized carbons (Fsp3) is 0.529. The van der Waals surface area contributed by atoms with Gasteiger partial charge in [-0.1, -0.05) is 0 Å². The zero-order valence-corrected chi connectivity index (χ0v) is 15.9. The quantitative estimate of drug-likeness (QED) is 0.703. The molecule has 1 heterocycles. The minimum Gasteiger partial charge on any atom is -0.493 e. The van der Waals surface area contributed by atoms with Crippen LogP contribution in [0.4, 0.5) is 5.69 Å². The van der Waals surface area contributed by atoms with Gasteiger partial charge in [0, 0.05) is 30.8 Å². The SMILES string of the molecule is COc1cc(NC(=O)CCN2CCC[C@H]2C(=O)O)cc(OC)c1OC.Cl. The number of nitrogens with zero attached hydrogens (tertiary/aromatic N) is 1. The van der Waals surface area contributed by atoms with E-state index >= 15 is 0 Å². The molecule has 1 atom stereocenters. The van der Waals surface area contributed by atoms with E-state index in [0.29, 0.717) is 42.4 Å². The first-order valence-corrected chi connectivity index (χ1v) is 8.06. The molecule has 9 heteroatoms. The molecule has 0 saturated carbocycles. The fourth-order valence-electron chi connectivity index (χ4n) is 3.00. The van der Waals surface area contributed by atoms with Gasteiger partial charge in [-0.15, -0.1) is 12.4 Å². The summed E-state index contributed by atoms with van der Waals surface area (Å²) >= 11 is 0. The molecule has 0 bridgehead atoms. The molecule has 8 nitrogen and oxygen atoms in total. The number of methoxy groups -OCH3 is 3. The van der Waals surface area contributed by atoms with Crippen LogP contribution in [0.1, 0.15) is 19.3 Å². The number of carbonyl (C=O) groups is 2. The molecular formula is C17H25ClN2O6. The first kappa shape index (κ1) is 21.9. The molecule has 1 fully saturated rings. The number of carbonyl (C=O) groups excluding carboxylic acids is 1. The molecule has 1 amide bonds. The maximum atomic E-state index is 12.2. The van der Waals surface area contributed by atoms with Gasteiger partial charge in [-0.2, -0.15) is 0 Å². The second-order valence-electron chi connectivity index (χ2n) is 5.74. The number of carboxylic acids is 1. The highest BCUT2D eigenvalue weighted by atomic mass is 35.5. The minimum absolute atomic E-state index is 0. The smallest absolute Gasteiger partial charge is 0.320 e. The van der Waals surface area contributed by atoms with Gasteiger partial charge < -0.3 is 24.6 Å².